The van der Waals surface area contributed by atoms with Crippen LogP contribution in [0.2, 0.25) is 0 Å². The van der Waals surface area contributed by atoms with Gasteiger partial charge < -0.3 is 5.32 Å². The minimum atomic E-state index is -3.55. The maximum absolute atomic E-state index is 12.2. The summed E-state index contributed by atoms with van der Waals surface area (Å²) in [5.41, 5.74) is 1.53. The highest BCUT2D eigenvalue weighted by molar-refractivity contribution is 7.89. The number of hydrogen-bond acceptors (Lipinski definition) is 4. The van der Waals surface area contributed by atoms with Gasteiger partial charge in [-0.15, -0.1) is 0 Å². The number of rotatable bonds is 7. The molecule has 1 amide bonds. The molecule has 0 aliphatic carbocycles. The van der Waals surface area contributed by atoms with Gasteiger partial charge in [-0.2, -0.15) is 0 Å². The monoisotopic (exact) mass is 359 g/mol. The van der Waals surface area contributed by atoms with E-state index >= 15 is 0 Å². The first kappa shape index (κ1) is 18.8. The lowest BCUT2D eigenvalue weighted by Gasteiger charge is -2.11. The summed E-state index contributed by atoms with van der Waals surface area (Å²) >= 11 is 0. The highest BCUT2D eigenvalue weighted by atomic mass is 32.2. The molecule has 7 heteroatoms. The Balaban J connectivity index is 1.98. The van der Waals surface area contributed by atoms with Gasteiger partial charge in [0.1, 0.15) is 0 Å². The molecule has 6 nitrogen and oxygen atoms in total. The maximum atomic E-state index is 12.2. The molecule has 0 atom stereocenters. The van der Waals surface area contributed by atoms with Gasteiger partial charge in [0.2, 0.25) is 15.9 Å². The Hall–Kier alpha value is -2.51. The summed E-state index contributed by atoms with van der Waals surface area (Å²) in [6.07, 6.45) is 6.39. The Morgan fingerprint density at radius 2 is 2.04 bits per heavy atom. The number of pyridine rings is 1. The number of sulfonamides is 1. The summed E-state index contributed by atoms with van der Waals surface area (Å²) in [4.78, 5) is 16.0. The number of benzene rings is 1. The van der Waals surface area contributed by atoms with E-state index in [4.69, 9.17) is 0 Å². The predicted molar refractivity (Wildman–Crippen MR) is 97.0 cm³/mol. The van der Waals surface area contributed by atoms with Crippen molar-refractivity contribution in [3.8, 4) is 0 Å². The normalized spacial score (nSPS) is 11.8. The van der Waals surface area contributed by atoms with E-state index in [-0.39, 0.29) is 23.4 Å². The zero-order chi connectivity index (χ0) is 18.3. The van der Waals surface area contributed by atoms with Crippen LogP contribution < -0.4 is 10.0 Å². The first-order chi connectivity index (χ1) is 11.9. The van der Waals surface area contributed by atoms with E-state index in [1.165, 1.54) is 12.1 Å². The van der Waals surface area contributed by atoms with E-state index in [0.717, 1.165) is 5.56 Å². The molecule has 0 fully saturated rings. The van der Waals surface area contributed by atoms with Crippen LogP contribution in [0.15, 0.2) is 59.8 Å². The van der Waals surface area contributed by atoms with Crippen LogP contribution in [0.1, 0.15) is 25.0 Å². The molecule has 1 aromatic heterocycles. The molecule has 0 bridgehead atoms. The molecule has 25 heavy (non-hydrogen) atoms. The van der Waals surface area contributed by atoms with Crippen molar-refractivity contribution >= 4 is 22.0 Å². The molecule has 0 saturated carbocycles. The van der Waals surface area contributed by atoms with Crippen molar-refractivity contribution < 1.29 is 13.2 Å². The van der Waals surface area contributed by atoms with Crippen molar-refractivity contribution in [3.05, 3.63) is 66.0 Å². The zero-order valence-electron chi connectivity index (χ0n) is 14.1. The Bertz CT molecular complexity index is 847. The fourth-order valence-electron chi connectivity index (χ4n) is 2.10. The van der Waals surface area contributed by atoms with Crippen molar-refractivity contribution in [1.82, 2.24) is 15.0 Å². The van der Waals surface area contributed by atoms with E-state index in [1.54, 1.807) is 56.6 Å². The first-order valence-electron chi connectivity index (χ1n) is 7.84. The SMILES string of the molecule is CC(C)NS(=O)(=O)c1cccc(CNC(=O)/C=C/c2cccnc2)c1. The van der Waals surface area contributed by atoms with Gasteiger partial charge in [-0.1, -0.05) is 18.2 Å². The molecule has 2 aromatic rings. The Morgan fingerprint density at radius 3 is 2.72 bits per heavy atom. The van der Waals surface area contributed by atoms with Gasteiger partial charge in [0.05, 0.1) is 4.90 Å². The molecule has 0 spiro atoms. The van der Waals surface area contributed by atoms with Crippen molar-refractivity contribution in [2.75, 3.05) is 0 Å². The van der Waals surface area contributed by atoms with Gasteiger partial charge in [0.15, 0.2) is 0 Å². The third-order valence-electron chi connectivity index (χ3n) is 3.18. The molecule has 2 N–H and O–H groups in total. The fourth-order valence-corrected chi connectivity index (χ4v) is 3.42. The Kier molecular flexibility index (Phi) is 6.44. The minimum absolute atomic E-state index is 0.179. The number of carbonyl (C=O) groups excluding carboxylic acids is 1. The van der Waals surface area contributed by atoms with Gasteiger partial charge in [-0.05, 0) is 49.2 Å². The average molecular weight is 359 g/mol. The number of nitrogens with zero attached hydrogens (tertiary/aromatic N) is 1. The molecule has 2 rings (SSSR count). The Labute approximate surface area is 148 Å². The highest BCUT2D eigenvalue weighted by Gasteiger charge is 2.15. The van der Waals surface area contributed by atoms with E-state index in [1.807, 2.05) is 6.07 Å². The summed E-state index contributed by atoms with van der Waals surface area (Å²) in [6, 6.07) is 9.93. The van der Waals surface area contributed by atoms with Crippen molar-refractivity contribution in [2.45, 2.75) is 31.3 Å². The van der Waals surface area contributed by atoms with Crippen molar-refractivity contribution in [3.63, 3.8) is 0 Å². The van der Waals surface area contributed by atoms with E-state index in [0.29, 0.717) is 5.56 Å². The predicted octanol–water partition coefficient (Wildman–Crippen LogP) is 2.10. The van der Waals surface area contributed by atoms with Crippen molar-refractivity contribution in [2.24, 2.45) is 0 Å². The van der Waals surface area contributed by atoms with Crippen LogP contribution in [0.4, 0.5) is 0 Å². The molecule has 0 aliphatic heterocycles. The largest absolute Gasteiger partial charge is 0.348 e. The second-order valence-corrected chi connectivity index (χ2v) is 7.47. The number of aromatic nitrogens is 1. The third-order valence-corrected chi connectivity index (χ3v) is 4.83. The summed E-state index contributed by atoms with van der Waals surface area (Å²) in [5.74, 6) is -0.266. The number of hydrogen-bond donors (Lipinski definition) is 2. The standard InChI is InChI=1S/C18H21N3O3S/c1-14(2)21-25(23,24)17-7-3-5-16(11-17)13-20-18(22)9-8-15-6-4-10-19-12-15/h3-12,14,21H,13H2,1-2H3,(H,20,22)/b9-8+. The lowest BCUT2D eigenvalue weighted by molar-refractivity contribution is -0.116. The lowest BCUT2D eigenvalue weighted by Crippen LogP contribution is -2.30. The molecule has 1 heterocycles. The van der Waals surface area contributed by atoms with E-state index in [9.17, 15) is 13.2 Å². The molecular formula is C18H21N3O3S. The summed E-state index contributed by atoms with van der Waals surface area (Å²) in [5, 5.41) is 2.73. The molecule has 1 aromatic carbocycles. The van der Waals surface area contributed by atoms with Crippen LogP contribution in [0.5, 0.6) is 0 Å². The number of amides is 1. The van der Waals surface area contributed by atoms with Gasteiger partial charge in [0.25, 0.3) is 0 Å². The van der Waals surface area contributed by atoms with Crippen LogP contribution in [-0.2, 0) is 21.4 Å². The highest BCUT2D eigenvalue weighted by Crippen LogP contribution is 2.12. The molecule has 0 radical (unpaired) electrons. The fraction of sp³-hybridized carbons (Fsp3) is 0.222. The third kappa shape index (κ3) is 6.13. The van der Waals surface area contributed by atoms with Crippen LogP contribution in [0, 0.1) is 0 Å². The maximum Gasteiger partial charge on any atom is 0.244 e. The Morgan fingerprint density at radius 1 is 1.24 bits per heavy atom. The van der Waals surface area contributed by atoms with Crippen LogP contribution >= 0.6 is 0 Å². The minimum Gasteiger partial charge on any atom is -0.348 e. The summed E-state index contributed by atoms with van der Waals surface area (Å²) < 4.78 is 26.9. The quantitative estimate of drug-likeness (QED) is 0.741. The van der Waals surface area contributed by atoms with Gasteiger partial charge in [-0.25, -0.2) is 13.1 Å². The lowest BCUT2D eigenvalue weighted by atomic mass is 10.2. The van der Waals surface area contributed by atoms with E-state index < -0.39 is 10.0 Å². The molecule has 0 unspecified atom stereocenters. The number of carbonyl (C=O) groups is 1. The van der Waals surface area contributed by atoms with Crippen molar-refractivity contribution in [1.29, 1.82) is 0 Å². The molecule has 132 valence electrons. The van der Waals surface area contributed by atoms with Crippen LogP contribution in [-0.4, -0.2) is 25.4 Å². The first-order valence-corrected chi connectivity index (χ1v) is 9.32. The summed E-state index contributed by atoms with van der Waals surface area (Å²) in [6.45, 7) is 3.76. The van der Waals surface area contributed by atoms with E-state index in [2.05, 4.69) is 15.0 Å². The van der Waals surface area contributed by atoms with Gasteiger partial charge in [0, 0.05) is 31.1 Å². The average Bonchev–Trinajstić information content (AvgIpc) is 2.58. The second kappa shape index (κ2) is 8.55. The molecule has 0 aliphatic rings. The second-order valence-electron chi connectivity index (χ2n) is 5.76. The van der Waals surface area contributed by atoms with Gasteiger partial charge >= 0.3 is 0 Å². The molecular weight excluding hydrogens is 338 g/mol. The number of nitrogens with one attached hydrogen (secondary N) is 2. The molecule has 0 saturated heterocycles. The smallest absolute Gasteiger partial charge is 0.244 e. The topological polar surface area (TPSA) is 88.2 Å². The zero-order valence-corrected chi connectivity index (χ0v) is 15.0. The summed E-state index contributed by atoms with van der Waals surface area (Å²) in [7, 11) is -3.55. The van der Waals surface area contributed by atoms with Gasteiger partial charge in [-0.3, -0.25) is 9.78 Å². The van der Waals surface area contributed by atoms with Crippen LogP contribution in [0.25, 0.3) is 6.08 Å². The van der Waals surface area contributed by atoms with Crippen LogP contribution in [0.3, 0.4) is 0 Å².